The molecule has 0 radical (unpaired) electrons. The van der Waals surface area contributed by atoms with Gasteiger partial charge in [0.15, 0.2) is 6.61 Å². The summed E-state index contributed by atoms with van der Waals surface area (Å²) in [6.45, 7) is 4.06. The number of benzene rings is 1. The van der Waals surface area contributed by atoms with Crippen LogP contribution in [0, 0.1) is 5.92 Å². The minimum absolute atomic E-state index is 0.0395. The summed E-state index contributed by atoms with van der Waals surface area (Å²) in [4.78, 5) is 34.6. The lowest BCUT2D eigenvalue weighted by atomic mass is 10.1. The summed E-state index contributed by atoms with van der Waals surface area (Å²) in [5.74, 6) is -0.0643. The van der Waals surface area contributed by atoms with Crippen LogP contribution >= 0.6 is 0 Å². The van der Waals surface area contributed by atoms with E-state index in [0.717, 1.165) is 12.0 Å². The molecule has 7 heteroatoms. The third-order valence-electron chi connectivity index (χ3n) is 3.13. The van der Waals surface area contributed by atoms with Crippen LogP contribution in [0.3, 0.4) is 0 Å². The van der Waals surface area contributed by atoms with Crippen molar-refractivity contribution in [3.63, 3.8) is 0 Å². The van der Waals surface area contributed by atoms with E-state index in [9.17, 15) is 14.4 Å². The molecule has 3 amide bonds. The first-order valence-corrected chi connectivity index (χ1v) is 7.77. The minimum Gasteiger partial charge on any atom is -0.497 e. The summed E-state index contributed by atoms with van der Waals surface area (Å²) in [7, 11) is 1.56. The SMILES string of the molecule is COc1ccc(CC(=O)OCC(=O)NC(=O)NCCC(C)C)cc1. The van der Waals surface area contributed by atoms with E-state index in [2.05, 4.69) is 10.6 Å². The molecule has 0 aliphatic heterocycles. The molecule has 24 heavy (non-hydrogen) atoms. The molecule has 0 aliphatic carbocycles. The van der Waals surface area contributed by atoms with Gasteiger partial charge in [-0.15, -0.1) is 0 Å². The minimum atomic E-state index is -0.667. The molecule has 1 aromatic carbocycles. The van der Waals surface area contributed by atoms with Gasteiger partial charge in [-0.05, 0) is 30.0 Å². The van der Waals surface area contributed by atoms with Crippen molar-refractivity contribution >= 4 is 17.9 Å². The van der Waals surface area contributed by atoms with Crippen LogP contribution in [-0.4, -0.2) is 38.2 Å². The van der Waals surface area contributed by atoms with Gasteiger partial charge >= 0.3 is 12.0 Å². The predicted molar refractivity (Wildman–Crippen MR) is 88.7 cm³/mol. The largest absolute Gasteiger partial charge is 0.497 e. The fourth-order valence-corrected chi connectivity index (χ4v) is 1.79. The van der Waals surface area contributed by atoms with Crippen molar-refractivity contribution in [3.8, 4) is 5.75 Å². The Kier molecular flexibility index (Phi) is 8.32. The average Bonchev–Trinajstić information content (AvgIpc) is 2.53. The molecule has 0 unspecified atom stereocenters. The van der Waals surface area contributed by atoms with Crippen LogP contribution in [0.2, 0.25) is 0 Å². The molecule has 7 nitrogen and oxygen atoms in total. The maximum absolute atomic E-state index is 11.7. The zero-order chi connectivity index (χ0) is 17.9. The van der Waals surface area contributed by atoms with Crippen LogP contribution in [0.1, 0.15) is 25.8 Å². The second-order valence-electron chi connectivity index (χ2n) is 5.67. The van der Waals surface area contributed by atoms with Crippen LogP contribution in [0.25, 0.3) is 0 Å². The Bertz CT molecular complexity index is 555. The van der Waals surface area contributed by atoms with Crippen LogP contribution in [0.5, 0.6) is 5.75 Å². The lowest BCUT2D eigenvalue weighted by Crippen LogP contribution is -2.42. The number of methoxy groups -OCH3 is 1. The van der Waals surface area contributed by atoms with Gasteiger partial charge < -0.3 is 14.8 Å². The summed E-state index contributed by atoms with van der Waals surface area (Å²) < 4.78 is 9.87. The fraction of sp³-hybridized carbons (Fsp3) is 0.471. The van der Waals surface area contributed by atoms with Crippen LogP contribution in [-0.2, 0) is 20.7 Å². The third kappa shape index (κ3) is 8.17. The number of ether oxygens (including phenoxy) is 2. The van der Waals surface area contributed by atoms with Gasteiger partial charge in [0.2, 0.25) is 0 Å². The molecule has 2 N–H and O–H groups in total. The Morgan fingerprint density at radius 2 is 1.79 bits per heavy atom. The molecular formula is C17H24N2O5. The highest BCUT2D eigenvalue weighted by molar-refractivity contribution is 5.95. The molecule has 0 bridgehead atoms. The molecule has 0 aliphatic rings. The smallest absolute Gasteiger partial charge is 0.321 e. The van der Waals surface area contributed by atoms with Crippen molar-refractivity contribution in [1.29, 1.82) is 0 Å². The highest BCUT2D eigenvalue weighted by atomic mass is 16.5. The van der Waals surface area contributed by atoms with Gasteiger partial charge in [-0.25, -0.2) is 4.79 Å². The number of rotatable bonds is 8. The van der Waals surface area contributed by atoms with Gasteiger partial charge in [-0.1, -0.05) is 26.0 Å². The third-order valence-corrected chi connectivity index (χ3v) is 3.13. The number of carbonyl (C=O) groups excluding carboxylic acids is 3. The van der Waals surface area contributed by atoms with Gasteiger partial charge in [0.05, 0.1) is 13.5 Å². The summed E-state index contributed by atoms with van der Waals surface area (Å²) in [6.07, 6.45) is 0.857. The van der Waals surface area contributed by atoms with Gasteiger partial charge in [-0.2, -0.15) is 0 Å². The van der Waals surface area contributed by atoms with E-state index in [1.807, 2.05) is 13.8 Å². The van der Waals surface area contributed by atoms with E-state index in [4.69, 9.17) is 9.47 Å². The number of imide groups is 1. The first-order chi connectivity index (χ1) is 11.4. The maximum atomic E-state index is 11.7. The van der Waals surface area contributed by atoms with E-state index >= 15 is 0 Å². The molecule has 132 valence electrons. The summed E-state index contributed by atoms with van der Waals surface area (Å²) in [5.41, 5.74) is 0.743. The summed E-state index contributed by atoms with van der Waals surface area (Å²) in [6, 6.07) is 6.35. The molecular weight excluding hydrogens is 312 g/mol. The van der Waals surface area contributed by atoms with Gasteiger partial charge in [0, 0.05) is 6.54 Å². The number of urea groups is 1. The number of nitrogens with one attached hydrogen (secondary N) is 2. The van der Waals surface area contributed by atoms with Crippen LogP contribution < -0.4 is 15.4 Å². The number of amides is 3. The molecule has 0 aromatic heterocycles. The standard InChI is InChI=1S/C17H24N2O5/c1-12(2)8-9-18-17(22)19-15(20)11-24-16(21)10-13-4-6-14(23-3)7-5-13/h4-7,12H,8-11H2,1-3H3,(H2,18,19,20,22). The van der Waals surface area contributed by atoms with Crippen molar-refractivity contribution in [1.82, 2.24) is 10.6 Å². The van der Waals surface area contributed by atoms with Crippen molar-refractivity contribution in [3.05, 3.63) is 29.8 Å². The Balaban J connectivity index is 2.25. The average molecular weight is 336 g/mol. The van der Waals surface area contributed by atoms with E-state index in [1.165, 1.54) is 0 Å². The van der Waals surface area contributed by atoms with Crippen LogP contribution in [0.15, 0.2) is 24.3 Å². The molecule has 0 spiro atoms. The van der Waals surface area contributed by atoms with Crippen molar-refractivity contribution in [2.45, 2.75) is 26.7 Å². The molecule has 0 fully saturated rings. The van der Waals surface area contributed by atoms with E-state index in [1.54, 1.807) is 31.4 Å². The second kappa shape index (κ2) is 10.3. The molecule has 0 saturated heterocycles. The van der Waals surface area contributed by atoms with Crippen molar-refractivity contribution in [2.75, 3.05) is 20.3 Å². The first kappa shape index (κ1) is 19.5. The zero-order valence-corrected chi connectivity index (χ0v) is 14.3. The predicted octanol–water partition coefficient (Wildman–Crippen LogP) is 1.65. The van der Waals surface area contributed by atoms with Crippen molar-refractivity contribution in [2.24, 2.45) is 5.92 Å². The Labute approximate surface area is 141 Å². The summed E-state index contributed by atoms with van der Waals surface area (Å²) in [5, 5.41) is 4.67. The van der Waals surface area contributed by atoms with E-state index in [0.29, 0.717) is 18.2 Å². The second-order valence-corrected chi connectivity index (χ2v) is 5.67. The lowest BCUT2D eigenvalue weighted by Gasteiger charge is -2.08. The molecule has 0 saturated carbocycles. The number of hydrogen-bond acceptors (Lipinski definition) is 5. The first-order valence-electron chi connectivity index (χ1n) is 7.77. The van der Waals surface area contributed by atoms with E-state index < -0.39 is 24.5 Å². The monoisotopic (exact) mass is 336 g/mol. The molecule has 0 atom stereocenters. The van der Waals surface area contributed by atoms with Crippen molar-refractivity contribution < 1.29 is 23.9 Å². The highest BCUT2D eigenvalue weighted by Crippen LogP contribution is 2.11. The topological polar surface area (TPSA) is 93.7 Å². The molecule has 0 heterocycles. The summed E-state index contributed by atoms with van der Waals surface area (Å²) >= 11 is 0. The Hall–Kier alpha value is -2.57. The van der Waals surface area contributed by atoms with Gasteiger partial charge in [0.25, 0.3) is 5.91 Å². The zero-order valence-electron chi connectivity index (χ0n) is 14.3. The normalized spacial score (nSPS) is 10.2. The van der Waals surface area contributed by atoms with E-state index in [-0.39, 0.29) is 6.42 Å². The number of esters is 1. The maximum Gasteiger partial charge on any atom is 0.321 e. The molecule has 1 aromatic rings. The number of carbonyl (C=O) groups is 3. The quantitative estimate of drug-likeness (QED) is 0.704. The van der Waals surface area contributed by atoms with Crippen LogP contribution in [0.4, 0.5) is 4.79 Å². The fourth-order valence-electron chi connectivity index (χ4n) is 1.79. The number of hydrogen-bond donors (Lipinski definition) is 2. The van der Waals surface area contributed by atoms with Gasteiger partial charge in [0.1, 0.15) is 5.75 Å². The Morgan fingerprint density at radius 3 is 2.38 bits per heavy atom. The Morgan fingerprint density at radius 1 is 1.12 bits per heavy atom. The highest BCUT2D eigenvalue weighted by Gasteiger charge is 2.11. The van der Waals surface area contributed by atoms with Gasteiger partial charge in [-0.3, -0.25) is 14.9 Å². The molecule has 1 rings (SSSR count). The lowest BCUT2D eigenvalue weighted by molar-refractivity contribution is -0.147.